The summed E-state index contributed by atoms with van der Waals surface area (Å²) >= 11 is 0. The van der Waals surface area contributed by atoms with Gasteiger partial charge < -0.3 is 9.64 Å². The molecule has 1 amide bonds. The topological polar surface area (TPSA) is 66.9 Å². The average molecular weight is 429 g/mol. The summed E-state index contributed by atoms with van der Waals surface area (Å²) in [6.07, 6.45) is 2.50. The van der Waals surface area contributed by atoms with Crippen LogP contribution >= 0.6 is 0 Å². The molecule has 0 bridgehead atoms. The fourth-order valence-corrected chi connectivity index (χ4v) is 6.16. The van der Waals surface area contributed by atoms with Gasteiger partial charge in [0.1, 0.15) is 5.75 Å². The molecule has 30 heavy (non-hydrogen) atoms. The zero-order valence-corrected chi connectivity index (χ0v) is 18.1. The van der Waals surface area contributed by atoms with E-state index in [0.29, 0.717) is 19.5 Å². The molecule has 0 N–H and O–H groups in total. The Bertz CT molecular complexity index is 1000. The van der Waals surface area contributed by atoms with Gasteiger partial charge in [0.05, 0.1) is 25.2 Å². The third-order valence-corrected chi connectivity index (χ3v) is 7.77. The van der Waals surface area contributed by atoms with E-state index in [1.54, 1.807) is 7.11 Å². The summed E-state index contributed by atoms with van der Waals surface area (Å²) < 4.78 is 29.4. The highest BCUT2D eigenvalue weighted by atomic mass is 32.2. The second-order valence-electron chi connectivity index (χ2n) is 8.09. The summed E-state index contributed by atoms with van der Waals surface area (Å²) in [7, 11) is -1.41. The van der Waals surface area contributed by atoms with Gasteiger partial charge in [0.25, 0.3) is 0 Å². The number of sulfone groups is 1. The summed E-state index contributed by atoms with van der Waals surface area (Å²) in [6.45, 7) is 1.45. The highest BCUT2D eigenvalue weighted by Gasteiger charge is 2.34. The van der Waals surface area contributed by atoms with Gasteiger partial charge in [-0.1, -0.05) is 30.3 Å². The van der Waals surface area contributed by atoms with E-state index in [2.05, 4.69) is 6.07 Å². The zero-order chi connectivity index (χ0) is 21.1. The predicted octanol–water partition coefficient (Wildman–Crippen LogP) is 2.66. The third-order valence-electron chi connectivity index (χ3n) is 6.02. The van der Waals surface area contributed by atoms with Gasteiger partial charge in [0, 0.05) is 24.8 Å². The number of aryl methyl sites for hydroxylation is 1. The molecule has 1 fully saturated rings. The molecule has 6 nitrogen and oxygen atoms in total. The molecule has 1 saturated heterocycles. The Balaban J connectivity index is 1.54. The van der Waals surface area contributed by atoms with Gasteiger partial charge in [-0.15, -0.1) is 0 Å². The summed E-state index contributed by atoms with van der Waals surface area (Å²) in [5.74, 6) is 1.11. The molecule has 160 valence electrons. The van der Waals surface area contributed by atoms with Crippen molar-refractivity contribution in [1.82, 2.24) is 4.90 Å². The molecule has 0 spiro atoms. The third kappa shape index (κ3) is 4.68. The van der Waals surface area contributed by atoms with Gasteiger partial charge in [-0.25, -0.2) is 8.42 Å². The molecule has 0 aliphatic carbocycles. The summed E-state index contributed by atoms with van der Waals surface area (Å²) in [5, 5.41) is 0. The number of anilines is 1. The standard InChI is InChI=1S/C23H28N2O4S/c1-29-21-10-8-18(9-11-21)15-24(20-12-14-30(27,28)17-20)16-23(26)25-13-4-6-19-5-2-3-7-22(19)25/h2-3,5,7-11,20H,4,6,12-17H2,1H3/t20-/m0/s1. The van der Waals surface area contributed by atoms with E-state index >= 15 is 0 Å². The van der Waals surface area contributed by atoms with Crippen molar-refractivity contribution in [2.45, 2.75) is 31.8 Å². The minimum Gasteiger partial charge on any atom is -0.497 e. The molecule has 2 aromatic carbocycles. The first-order valence-corrected chi connectivity index (χ1v) is 12.2. The maximum absolute atomic E-state index is 13.3. The predicted molar refractivity (Wildman–Crippen MR) is 118 cm³/mol. The minimum atomic E-state index is -3.04. The van der Waals surface area contributed by atoms with Crippen LogP contribution in [0.1, 0.15) is 24.0 Å². The van der Waals surface area contributed by atoms with E-state index in [1.165, 1.54) is 5.56 Å². The lowest BCUT2D eigenvalue weighted by atomic mass is 10.0. The quantitative estimate of drug-likeness (QED) is 0.708. The van der Waals surface area contributed by atoms with Crippen LogP contribution in [0.5, 0.6) is 5.75 Å². The lowest BCUT2D eigenvalue weighted by molar-refractivity contribution is -0.120. The number of hydrogen-bond donors (Lipinski definition) is 0. The van der Waals surface area contributed by atoms with Crippen molar-refractivity contribution >= 4 is 21.4 Å². The van der Waals surface area contributed by atoms with Gasteiger partial charge in [0.15, 0.2) is 9.84 Å². The number of methoxy groups -OCH3 is 1. The molecular weight excluding hydrogens is 400 g/mol. The normalized spacial score (nSPS) is 20.2. The molecule has 0 aromatic heterocycles. The molecule has 2 aliphatic rings. The lowest BCUT2D eigenvalue weighted by Gasteiger charge is -2.33. The summed E-state index contributed by atoms with van der Waals surface area (Å²) in [4.78, 5) is 17.2. The maximum Gasteiger partial charge on any atom is 0.241 e. The average Bonchev–Trinajstić information content (AvgIpc) is 3.13. The van der Waals surface area contributed by atoms with Gasteiger partial charge in [-0.3, -0.25) is 9.69 Å². The first kappa shape index (κ1) is 20.9. The first-order valence-electron chi connectivity index (χ1n) is 10.4. The van der Waals surface area contributed by atoms with E-state index in [1.807, 2.05) is 52.3 Å². The largest absolute Gasteiger partial charge is 0.497 e. The Labute approximate surface area is 178 Å². The number of hydrogen-bond acceptors (Lipinski definition) is 5. The second-order valence-corrected chi connectivity index (χ2v) is 10.3. The number of nitrogens with zero attached hydrogens (tertiary/aromatic N) is 2. The van der Waals surface area contributed by atoms with Crippen LogP contribution in [0, 0.1) is 0 Å². The smallest absolute Gasteiger partial charge is 0.241 e. The maximum atomic E-state index is 13.3. The number of ether oxygens (including phenoxy) is 1. The number of carbonyl (C=O) groups is 1. The number of para-hydroxylation sites is 1. The first-order chi connectivity index (χ1) is 14.4. The Morgan fingerprint density at radius 1 is 1.17 bits per heavy atom. The molecule has 1 atom stereocenters. The van der Waals surface area contributed by atoms with Crippen molar-refractivity contribution in [3.63, 3.8) is 0 Å². The molecule has 2 heterocycles. The Hall–Kier alpha value is -2.38. The van der Waals surface area contributed by atoms with Crippen LogP contribution in [0.3, 0.4) is 0 Å². The summed E-state index contributed by atoms with van der Waals surface area (Å²) in [5.41, 5.74) is 3.21. The highest BCUT2D eigenvalue weighted by molar-refractivity contribution is 7.91. The number of rotatable bonds is 6. The van der Waals surface area contributed by atoms with Crippen LogP contribution in [0.15, 0.2) is 48.5 Å². The summed E-state index contributed by atoms with van der Waals surface area (Å²) in [6, 6.07) is 15.6. The van der Waals surface area contributed by atoms with Crippen LogP contribution in [-0.4, -0.2) is 57.0 Å². The van der Waals surface area contributed by atoms with E-state index in [4.69, 9.17) is 4.74 Å². The van der Waals surface area contributed by atoms with Crippen LogP contribution in [0.2, 0.25) is 0 Å². The SMILES string of the molecule is COc1ccc(CN(CC(=O)N2CCCc3ccccc32)[C@H]2CCS(=O)(=O)C2)cc1. The van der Waals surface area contributed by atoms with Crippen LogP contribution < -0.4 is 9.64 Å². The number of amides is 1. The fraction of sp³-hybridized carbons (Fsp3) is 0.435. The van der Waals surface area contributed by atoms with Crippen molar-refractivity contribution in [1.29, 1.82) is 0 Å². The number of fused-ring (bicyclic) bond motifs is 1. The molecule has 2 aliphatic heterocycles. The van der Waals surface area contributed by atoms with Crippen molar-refractivity contribution in [2.75, 3.05) is 36.6 Å². The van der Waals surface area contributed by atoms with Crippen molar-refractivity contribution in [3.05, 3.63) is 59.7 Å². The van der Waals surface area contributed by atoms with Crippen LogP contribution in [-0.2, 0) is 27.6 Å². The van der Waals surface area contributed by atoms with Gasteiger partial charge in [-0.2, -0.15) is 0 Å². The Morgan fingerprint density at radius 3 is 2.63 bits per heavy atom. The highest BCUT2D eigenvalue weighted by Crippen LogP contribution is 2.28. The van der Waals surface area contributed by atoms with Gasteiger partial charge in [-0.05, 0) is 48.6 Å². The Morgan fingerprint density at radius 2 is 1.93 bits per heavy atom. The van der Waals surface area contributed by atoms with Gasteiger partial charge >= 0.3 is 0 Å². The van der Waals surface area contributed by atoms with Crippen molar-refractivity contribution in [2.24, 2.45) is 0 Å². The van der Waals surface area contributed by atoms with Crippen LogP contribution in [0.4, 0.5) is 5.69 Å². The van der Waals surface area contributed by atoms with Gasteiger partial charge in [0.2, 0.25) is 5.91 Å². The zero-order valence-electron chi connectivity index (χ0n) is 17.3. The molecule has 7 heteroatoms. The number of benzene rings is 2. The monoisotopic (exact) mass is 428 g/mol. The Kier molecular flexibility index (Phi) is 6.11. The molecule has 0 unspecified atom stereocenters. The van der Waals surface area contributed by atoms with E-state index in [-0.39, 0.29) is 30.0 Å². The molecule has 4 rings (SSSR count). The van der Waals surface area contributed by atoms with Crippen molar-refractivity contribution in [3.8, 4) is 5.75 Å². The fourth-order valence-electron chi connectivity index (χ4n) is 4.39. The minimum absolute atomic E-state index is 0.0277. The van der Waals surface area contributed by atoms with E-state index < -0.39 is 9.84 Å². The van der Waals surface area contributed by atoms with E-state index in [0.717, 1.165) is 29.8 Å². The molecule has 2 aromatic rings. The molecular formula is C23H28N2O4S. The van der Waals surface area contributed by atoms with Crippen molar-refractivity contribution < 1.29 is 17.9 Å². The van der Waals surface area contributed by atoms with E-state index in [9.17, 15) is 13.2 Å². The lowest BCUT2D eigenvalue weighted by Crippen LogP contribution is -2.46. The number of carbonyl (C=O) groups excluding carboxylic acids is 1. The second kappa shape index (κ2) is 8.78. The van der Waals surface area contributed by atoms with Crippen LogP contribution in [0.25, 0.3) is 0 Å². The molecule has 0 radical (unpaired) electrons. The molecule has 0 saturated carbocycles.